The van der Waals surface area contributed by atoms with Crippen LogP contribution in [0.25, 0.3) is 0 Å². The van der Waals surface area contributed by atoms with Crippen LogP contribution in [0.5, 0.6) is 0 Å². The summed E-state index contributed by atoms with van der Waals surface area (Å²) in [6, 6.07) is 5.89. The van der Waals surface area contributed by atoms with Crippen LogP contribution in [0.2, 0.25) is 0 Å². The number of carbonyl (C=O) groups is 1. The summed E-state index contributed by atoms with van der Waals surface area (Å²) < 4.78 is 0.804. The zero-order valence-electron chi connectivity index (χ0n) is 12.0. The maximum absolute atomic E-state index is 11.5. The first-order valence-electron chi connectivity index (χ1n) is 7.01. The van der Waals surface area contributed by atoms with Crippen molar-refractivity contribution < 1.29 is 9.90 Å². The molecule has 110 valence electrons. The van der Waals surface area contributed by atoms with E-state index in [2.05, 4.69) is 39.7 Å². The van der Waals surface area contributed by atoms with Crippen LogP contribution in [-0.4, -0.2) is 48.7 Å². The van der Waals surface area contributed by atoms with E-state index < -0.39 is 5.97 Å². The molecule has 1 heterocycles. The molecule has 1 fully saturated rings. The number of nitrogens with zero attached hydrogens (tertiary/aromatic N) is 2. The Bertz CT molecular complexity index is 493. The SMILES string of the molecule is CCC1CN(C)CCCN1c1ccc(Br)cc1C(=O)O. The Hall–Kier alpha value is -1.07. The molecule has 1 aromatic carbocycles. The lowest BCUT2D eigenvalue weighted by molar-refractivity contribution is 0.0697. The highest BCUT2D eigenvalue weighted by Crippen LogP contribution is 2.28. The minimum Gasteiger partial charge on any atom is -0.478 e. The van der Waals surface area contributed by atoms with Gasteiger partial charge in [0.05, 0.1) is 11.3 Å². The molecular formula is C15H21BrN2O2. The molecule has 0 bridgehead atoms. The van der Waals surface area contributed by atoms with Gasteiger partial charge in [-0.2, -0.15) is 0 Å². The van der Waals surface area contributed by atoms with E-state index in [1.54, 1.807) is 6.07 Å². The van der Waals surface area contributed by atoms with Crippen molar-refractivity contribution in [3.63, 3.8) is 0 Å². The van der Waals surface area contributed by atoms with E-state index in [1.807, 2.05) is 12.1 Å². The number of hydrogen-bond acceptors (Lipinski definition) is 3. The molecule has 1 N–H and O–H groups in total. The zero-order chi connectivity index (χ0) is 14.7. The van der Waals surface area contributed by atoms with Gasteiger partial charge < -0.3 is 14.9 Å². The third-order valence-electron chi connectivity index (χ3n) is 3.87. The maximum Gasteiger partial charge on any atom is 0.337 e. The second kappa shape index (κ2) is 6.59. The standard InChI is InChI=1S/C15H21BrN2O2/c1-3-12-10-17(2)7-4-8-18(12)14-6-5-11(16)9-13(14)15(19)20/h5-6,9,12H,3-4,7-8,10H2,1-2H3,(H,19,20). The van der Waals surface area contributed by atoms with Crippen molar-refractivity contribution in [1.29, 1.82) is 0 Å². The summed E-state index contributed by atoms with van der Waals surface area (Å²) in [6.07, 6.45) is 2.07. The maximum atomic E-state index is 11.5. The number of anilines is 1. The summed E-state index contributed by atoms with van der Waals surface area (Å²) in [5, 5.41) is 9.44. The fourth-order valence-electron chi connectivity index (χ4n) is 2.84. The predicted molar refractivity (Wildman–Crippen MR) is 84.6 cm³/mol. The quantitative estimate of drug-likeness (QED) is 0.918. The average Bonchev–Trinajstić information content (AvgIpc) is 2.60. The van der Waals surface area contributed by atoms with Gasteiger partial charge in [-0.05, 0) is 44.6 Å². The van der Waals surface area contributed by atoms with E-state index in [1.165, 1.54) is 0 Å². The minimum atomic E-state index is -0.867. The first-order valence-corrected chi connectivity index (χ1v) is 7.80. The lowest BCUT2D eigenvalue weighted by atomic mass is 10.1. The lowest BCUT2D eigenvalue weighted by Gasteiger charge is -2.33. The van der Waals surface area contributed by atoms with Crippen LogP contribution in [-0.2, 0) is 0 Å². The highest BCUT2D eigenvalue weighted by Gasteiger charge is 2.25. The van der Waals surface area contributed by atoms with Gasteiger partial charge in [-0.1, -0.05) is 22.9 Å². The molecule has 1 aliphatic rings. The summed E-state index contributed by atoms with van der Waals surface area (Å²) in [5.41, 5.74) is 1.21. The van der Waals surface area contributed by atoms with E-state index in [0.29, 0.717) is 11.6 Å². The van der Waals surface area contributed by atoms with Gasteiger partial charge in [0.2, 0.25) is 0 Å². The Morgan fingerprint density at radius 1 is 1.45 bits per heavy atom. The fraction of sp³-hybridized carbons (Fsp3) is 0.533. The first-order chi connectivity index (χ1) is 9.52. The molecule has 20 heavy (non-hydrogen) atoms. The molecule has 0 radical (unpaired) electrons. The van der Waals surface area contributed by atoms with Crippen LogP contribution in [0.3, 0.4) is 0 Å². The molecule has 2 rings (SSSR count). The van der Waals surface area contributed by atoms with Gasteiger partial charge in [-0.3, -0.25) is 0 Å². The highest BCUT2D eigenvalue weighted by molar-refractivity contribution is 9.10. The van der Waals surface area contributed by atoms with Crippen LogP contribution >= 0.6 is 15.9 Å². The topological polar surface area (TPSA) is 43.8 Å². The van der Waals surface area contributed by atoms with E-state index in [9.17, 15) is 9.90 Å². The van der Waals surface area contributed by atoms with Crippen LogP contribution in [0.1, 0.15) is 30.1 Å². The van der Waals surface area contributed by atoms with Gasteiger partial charge in [0.1, 0.15) is 0 Å². The summed E-state index contributed by atoms with van der Waals surface area (Å²) in [6.45, 7) is 5.11. The number of aromatic carboxylic acids is 1. The summed E-state index contributed by atoms with van der Waals surface area (Å²) in [4.78, 5) is 16.1. The summed E-state index contributed by atoms with van der Waals surface area (Å²) in [7, 11) is 2.13. The summed E-state index contributed by atoms with van der Waals surface area (Å²) >= 11 is 3.36. The Morgan fingerprint density at radius 2 is 2.20 bits per heavy atom. The molecular weight excluding hydrogens is 320 g/mol. The first kappa shape index (κ1) is 15.3. The van der Waals surface area contributed by atoms with Crippen molar-refractivity contribution in [2.24, 2.45) is 0 Å². The number of benzene rings is 1. The molecule has 1 unspecified atom stereocenters. The molecule has 4 nitrogen and oxygen atoms in total. The van der Waals surface area contributed by atoms with Gasteiger partial charge in [0.25, 0.3) is 0 Å². The Balaban J connectivity index is 2.39. The van der Waals surface area contributed by atoms with Crippen molar-refractivity contribution in [3.8, 4) is 0 Å². The molecule has 0 saturated carbocycles. The van der Waals surface area contributed by atoms with Crippen molar-refractivity contribution in [2.75, 3.05) is 31.6 Å². The molecule has 5 heteroatoms. The van der Waals surface area contributed by atoms with Crippen molar-refractivity contribution in [3.05, 3.63) is 28.2 Å². The number of rotatable bonds is 3. The van der Waals surface area contributed by atoms with E-state index >= 15 is 0 Å². The lowest BCUT2D eigenvalue weighted by Crippen LogP contribution is -2.40. The van der Waals surface area contributed by atoms with Crippen LogP contribution in [0.15, 0.2) is 22.7 Å². The Labute approximate surface area is 128 Å². The van der Waals surface area contributed by atoms with Crippen LogP contribution in [0, 0.1) is 0 Å². The monoisotopic (exact) mass is 340 g/mol. The van der Waals surface area contributed by atoms with E-state index in [-0.39, 0.29) is 0 Å². The molecule has 0 amide bonds. The van der Waals surface area contributed by atoms with Crippen LogP contribution < -0.4 is 4.90 Å². The highest BCUT2D eigenvalue weighted by atomic mass is 79.9. The molecule has 1 atom stereocenters. The molecule has 1 aliphatic heterocycles. The van der Waals surface area contributed by atoms with Gasteiger partial charge in [0.15, 0.2) is 0 Å². The van der Waals surface area contributed by atoms with Crippen molar-refractivity contribution in [2.45, 2.75) is 25.8 Å². The molecule has 1 saturated heterocycles. The van der Waals surface area contributed by atoms with Crippen molar-refractivity contribution >= 4 is 27.6 Å². The van der Waals surface area contributed by atoms with Crippen molar-refractivity contribution in [1.82, 2.24) is 4.90 Å². The van der Waals surface area contributed by atoms with Gasteiger partial charge in [-0.15, -0.1) is 0 Å². The van der Waals surface area contributed by atoms with Gasteiger partial charge in [-0.25, -0.2) is 4.79 Å². The largest absolute Gasteiger partial charge is 0.478 e. The second-order valence-electron chi connectivity index (χ2n) is 5.34. The number of halogens is 1. The number of likely N-dealkylation sites (N-methyl/N-ethyl adjacent to an activating group) is 1. The Morgan fingerprint density at radius 3 is 2.85 bits per heavy atom. The zero-order valence-corrected chi connectivity index (χ0v) is 13.6. The Kier molecular flexibility index (Phi) is 5.05. The average molecular weight is 341 g/mol. The molecule has 0 spiro atoms. The normalized spacial score (nSPS) is 20.8. The summed E-state index contributed by atoms with van der Waals surface area (Å²) in [5.74, 6) is -0.867. The predicted octanol–water partition coefficient (Wildman–Crippen LogP) is 3.07. The molecule has 1 aromatic rings. The third kappa shape index (κ3) is 3.33. The smallest absolute Gasteiger partial charge is 0.337 e. The molecule has 0 aromatic heterocycles. The van der Waals surface area contributed by atoms with Gasteiger partial charge in [0, 0.05) is 23.6 Å². The number of carboxylic acid groups (broad SMARTS) is 1. The molecule has 0 aliphatic carbocycles. The van der Waals surface area contributed by atoms with E-state index in [4.69, 9.17) is 0 Å². The number of carboxylic acids is 1. The third-order valence-corrected chi connectivity index (χ3v) is 4.36. The second-order valence-corrected chi connectivity index (χ2v) is 6.25. The minimum absolute atomic E-state index is 0.363. The fourth-order valence-corrected chi connectivity index (χ4v) is 3.20. The van der Waals surface area contributed by atoms with Gasteiger partial charge >= 0.3 is 5.97 Å². The van der Waals surface area contributed by atoms with Crippen LogP contribution in [0.4, 0.5) is 5.69 Å². The van der Waals surface area contributed by atoms with E-state index in [0.717, 1.165) is 42.6 Å². The number of hydrogen-bond donors (Lipinski definition) is 1.